The van der Waals surface area contributed by atoms with Crippen LogP contribution in [-0.2, 0) is 4.74 Å². The lowest BCUT2D eigenvalue weighted by Gasteiger charge is -2.27. The molecule has 0 bridgehead atoms. The van der Waals surface area contributed by atoms with E-state index in [1.807, 2.05) is 30.5 Å². The van der Waals surface area contributed by atoms with Crippen LogP contribution in [0.5, 0.6) is 0 Å². The molecule has 0 spiro atoms. The van der Waals surface area contributed by atoms with Gasteiger partial charge in [0.2, 0.25) is 0 Å². The summed E-state index contributed by atoms with van der Waals surface area (Å²) in [6.45, 7) is 12.9. The van der Waals surface area contributed by atoms with Gasteiger partial charge in [-0.25, -0.2) is 9.97 Å². The Hall–Kier alpha value is -2.54. The maximum Gasteiger partial charge on any atom is 0.189 e. The third-order valence-electron chi connectivity index (χ3n) is 4.72. The van der Waals surface area contributed by atoms with Crippen LogP contribution in [0.3, 0.4) is 0 Å². The number of hydrogen-bond acceptors (Lipinski definition) is 6. The molecule has 2 heterocycles. The highest BCUT2D eigenvalue weighted by Gasteiger charge is 2.22. The van der Waals surface area contributed by atoms with Crippen LogP contribution in [0.25, 0.3) is 16.9 Å². The van der Waals surface area contributed by atoms with E-state index in [9.17, 15) is 0 Å². The van der Waals surface area contributed by atoms with Crippen molar-refractivity contribution in [2.75, 3.05) is 18.6 Å². The molecule has 2 aromatic heterocycles. The van der Waals surface area contributed by atoms with Crippen LogP contribution < -0.4 is 4.90 Å². The third-order valence-corrected chi connectivity index (χ3v) is 4.72. The van der Waals surface area contributed by atoms with Gasteiger partial charge in [0.1, 0.15) is 12.1 Å². The van der Waals surface area contributed by atoms with Crippen LogP contribution in [0.15, 0.2) is 12.1 Å². The second-order valence-electron chi connectivity index (χ2n) is 6.94. The number of nitrogens with zero attached hydrogens (tertiary/aromatic N) is 6. The van der Waals surface area contributed by atoms with Crippen molar-refractivity contribution in [2.45, 2.75) is 54.2 Å². The molecule has 7 nitrogen and oxygen atoms in total. The number of anilines is 1. The SMILES string of the molecule is CCOC(CC)N(C)c1nc(C)nc2c1nnn2-c1c(C)cc(C)cc1C. The van der Waals surface area contributed by atoms with Crippen LogP contribution in [0.2, 0.25) is 0 Å². The van der Waals surface area contributed by atoms with E-state index in [1.165, 1.54) is 5.56 Å². The number of aromatic nitrogens is 5. The Morgan fingerprint density at radius 3 is 2.33 bits per heavy atom. The quantitative estimate of drug-likeness (QED) is 0.619. The van der Waals surface area contributed by atoms with Gasteiger partial charge in [-0.05, 0) is 52.2 Å². The lowest BCUT2D eigenvalue weighted by Crippen LogP contribution is -2.34. The number of fused-ring (bicyclic) bond motifs is 1. The Labute approximate surface area is 160 Å². The summed E-state index contributed by atoms with van der Waals surface area (Å²) in [6, 6.07) is 4.30. The number of aryl methyl sites for hydroxylation is 4. The van der Waals surface area contributed by atoms with E-state index in [1.54, 1.807) is 0 Å². The molecule has 0 N–H and O–H groups in total. The molecule has 144 valence electrons. The van der Waals surface area contributed by atoms with Gasteiger partial charge in [0.25, 0.3) is 0 Å². The fourth-order valence-electron chi connectivity index (χ4n) is 3.64. The minimum atomic E-state index is -0.0690. The van der Waals surface area contributed by atoms with Gasteiger partial charge in [0.05, 0.1) is 5.69 Å². The molecule has 27 heavy (non-hydrogen) atoms. The van der Waals surface area contributed by atoms with Crippen molar-refractivity contribution < 1.29 is 4.74 Å². The molecular weight excluding hydrogens is 340 g/mol. The van der Waals surface area contributed by atoms with E-state index < -0.39 is 0 Å². The fourth-order valence-corrected chi connectivity index (χ4v) is 3.64. The van der Waals surface area contributed by atoms with Gasteiger partial charge in [0.15, 0.2) is 17.0 Å². The largest absolute Gasteiger partial charge is 0.359 e. The van der Waals surface area contributed by atoms with Crippen LogP contribution in [0.4, 0.5) is 5.82 Å². The predicted octanol–water partition coefficient (Wildman–Crippen LogP) is 3.65. The van der Waals surface area contributed by atoms with Crippen molar-refractivity contribution >= 4 is 17.0 Å². The summed E-state index contributed by atoms with van der Waals surface area (Å²) in [4.78, 5) is 11.3. The molecule has 0 aliphatic rings. The zero-order valence-corrected chi connectivity index (χ0v) is 17.2. The van der Waals surface area contributed by atoms with Gasteiger partial charge < -0.3 is 9.64 Å². The Balaban J connectivity index is 2.19. The van der Waals surface area contributed by atoms with Crippen LogP contribution in [0.1, 0.15) is 42.8 Å². The van der Waals surface area contributed by atoms with E-state index in [2.05, 4.69) is 60.1 Å². The smallest absolute Gasteiger partial charge is 0.189 e. The van der Waals surface area contributed by atoms with E-state index in [4.69, 9.17) is 4.74 Å². The summed E-state index contributed by atoms with van der Waals surface area (Å²) in [6.07, 6.45) is 0.777. The van der Waals surface area contributed by atoms with Gasteiger partial charge in [0, 0.05) is 13.7 Å². The molecule has 0 radical (unpaired) electrons. The van der Waals surface area contributed by atoms with Crippen LogP contribution in [0, 0.1) is 27.7 Å². The molecular formula is C20H28N6O. The first-order valence-corrected chi connectivity index (χ1v) is 9.40. The van der Waals surface area contributed by atoms with E-state index in [0.717, 1.165) is 29.1 Å². The number of rotatable bonds is 6. The summed E-state index contributed by atoms with van der Waals surface area (Å²) >= 11 is 0. The van der Waals surface area contributed by atoms with Crippen molar-refractivity contribution in [2.24, 2.45) is 0 Å². The Morgan fingerprint density at radius 1 is 1.07 bits per heavy atom. The maximum atomic E-state index is 5.85. The lowest BCUT2D eigenvalue weighted by atomic mass is 10.1. The number of hydrogen-bond donors (Lipinski definition) is 0. The second kappa shape index (κ2) is 7.60. The summed E-state index contributed by atoms with van der Waals surface area (Å²) in [7, 11) is 1.98. The zero-order chi connectivity index (χ0) is 19.7. The standard InChI is InChI=1S/C20H28N6O/c1-8-16(27-9-2)25(7)19-17-20(22-15(6)21-19)26(24-23-17)18-13(4)10-12(3)11-14(18)5/h10-11,16H,8-9H2,1-7H3. The van der Waals surface area contributed by atoms with Crippen molar-refractivity contribution in [3.63, 3.8) is 0 Å². The first kappa shape index (κ1) is 19.2. The molecule has 0 saturated heterocycles. The molecule has 0 aliphatic carbocycles. The molecule has 7 heteroatoms. The molecule has 0 fully saturated rings. The maximum absolute atomic E-state index is 5.85. The van der Waals surface area contributed by atoms with Gasteiger partial charge >= 0.3 is 0 Å². The molecule has 0 aliphatic heterocycles. The molecule has 3 rings (SSSR count). The molecule has 1 unspecified atom stereocenters. The van der Waals surface area contributed by atoms with E-state index in [-0.39, 0.29) is 6.23 Å². The molecule has 0 amide bonds. The molecule has 0 saturated carbocycles. The summed E-state index contributed by atoms with van der Waals surface area (Å²) in [5.41, 5.74) is 5.93. The first-order chi connectivity index (χ1) is 12.9. The predicted molar refractivity (Wildman–Crippen MR) is 108 cm³/mol. The van der Waals surface area contributed by atoms with Gasteiger partial charge in [-0.2, -0.15) is 4.68 Å². The van der Waals surface area contributed by atoms with Crippen molar-refractivity contribution in [3.05, 3.63) is 34.6 Å². The summed E-state index contributed by atoms with van der Waals surface area (Å²) < 4.78 is 7.68. The lowest BCUT2D eigenvalue weighted by molar-refractivity contribution is 0.0608. The second-order valence-corrected chi connectivity index (χ2v) is 6.94. The average molecular weight is 368 g/mol. The highest BCUT2D eigenvalue weighted by Crippen LogP contribution is 2.28. The average Bonchev–Trinajstić information content (AvgIpc) is 3.01. The molecule has 3 aromatic rings. The van der Waals surface area contributed by atoms with Crippen molar-refractivity contribution in [1.82, 2.24) is 25.0 Å². The highest BCUT2D eigenvalue weighted by molar-refractivity contribution is 5.84. The molecule has 1 atom stereocenters. The molecule has 1 aromatic carbocycles. The van der Waals surface area contributed by atoms with Gasteiger partial charge in [-0.15, -0.1) is 5.10 Å². The number of benzene rings is 1. The zero-order valence-electron chi connectivity index (χ0n) is 17.2. The Morgan fingerprint density at radius 2 is 1.74 bits per heavy atom. The van der Waals surface area contributed by atoms with Crippen LogP contribution in [-0.4, -0.2) is 44.8 Å². The van der Waals surface area contributed by atoms with E-state index in [0.29, 0.717) is 23.6 Å². The third kappa shape index (κ3) is 3.51. The van der Waals surface area contributed by atoms with E-state index >= 15 is 0 Å². The minimum absolute atomic E-state index is 0.0690. The monoisotopic (exact) mass is 368 g/mol. The van der Waals surface area contributed by atoms with Gasteiger partial charge in [-0.1, -0.05) is 29.8 Å². The number of ether oxygens (including phenoxy) is 1. The highest BCUT2D eigenvalue weighted by atomic mass is 16.5. The normalized spacial score (nSPS) is 12.6. The first-order valence-electron chi connectivity index (χ1n) is 9.40. The summed E-state index contributed by atoms with van der Waals surface area (Å²) in [5, 5.41) is 8.86. The van der Waals surface area contributed by atoms with Crippen LogP contribution >= 0.6 is 0 Å². The minimum Gasteiger partial charge on any atom is -0.359 e. The van der Waals surface area contributed by atoms with Crippen molar-refractivity contribution in [3.8, 4) is 5.69 Å². The van der Waals surface area contributed by atoms with Crippen molar-refractivity contribution in [1.29, 1.82) is 0 Å². The van der Waals surface area contributed by atoms with Gasteiger partial charge in [-0.3, -0.25) is 0 Å². The summed E-state index contributed by atoms with van der Waals surface area (Å²) in [5.74, 6) is 1.42. The Kier molecular flexibility index (Phi) is 5.41. The topological polar surface area (TPSA) is 69.0 Å². The fraction of sp³-hybridized carbons (Fsp3) is 0.500. The Bertz CT molecular complexity index is 942.